The molecule has 0 atom stereocenters. The van der Waals surface area contributed by atoms with E-state index in [9.17, 15) is 13.2 Å². The average Bonchev–Trinajstić information content (AvgIpc) is 3.22. The topological polar surface area (TPSA) is 74.7 Å². The van der Waals surface area contributed by atoms with Gasteiger partial charge in [0, 0.05) is 55.5 Å². The number of anilines is 1. The van der Waals surface area contributed by atoms with Crippen LogP contribution in [0.5, 0.6) is 0 Å². The zero-order chi connectivity index (χ0) is 22.0. The Morgan fingerprint density at radius 3 is 2.45 bits per heavy atom. The molecule has 3 aromatic rings. The highest BCUT2D eigenvalue weighted by atomic mass is 32.2. The number of rotatable bonds is 5. The fourth-order valence-electron chi connectivity index (χ4n) is 4.04. The number of para-hydroxylation sites is 1. The lowest BCUT2D eigenvalue weighted by Crippen LogP contribution is -2.51. The number of carbonyl (C=O) groups excluding carboxylic acids is 1. The first-order chi connectivity index (χ1) is 14.9. The Kier molecular flexibility index (Phi) is 6.02. The van der Waals surface area contributed by atoms with E-state index in [0.717, 1.165) is 35.1 Å². The number of carbonyl (C=O) groups is 1. The van der Waals surface area contributed by atoms with Gasteiger partial charge in [0.05, 0.1) is 4.90 Å². The van der Waals surface area contributed by atoms with Crippen LogP contribution in [0.15, 0.2) is 59.6 Å². The molecule has 0 bridgehead atoms. The van der Waals surface area contributed by atoms with E-state index in [2.05, 4.69) is 16.8 Å². The number of hydrogen-bond acceptors (Lipinski definition) is 3. The second kappa shape index (κ2) is 8.72. The quantitative estimate of drug-likeness (QED) is 0.656. The van der Waals surface area contributed by atoms with Crippen LogP contribution < -0.4 is 5.32 Å². The number of urea groups is 1. The van der Waals surface area contributed by atoms with Gasteiger partial charge in [-0.05, 0) is 49.2 Å². The van der Waals surface area contributed by atoms with E-state index in [4.69, 9.17) is 0 Å². The zero-order valence-corrected chi connectivity index (χ0v) is 18.7. The van der Waals surface area contributed by atoms with E-state index < -0.39 is 10.0 Å². The molecule has 1 saturated heterocycles. The second-order valence-electron chi connectivity index (χ2n) is 7.65. The molecule has 4 rings (SSSR count). The third-order valence-electron chi connectivity index (χ3n) is 5.89. The van der Waals surface area contributed by atoms with Crippen molar-refractivity contribution in [2.24, 2.45) is 0 Å². The van der Waals surface area contributed by atoms with E-state index in [1.54, 1.807) is 17.0 Å². The molecule has 1 aromatic heterocycles. The van der Waals surface area contributed by atoms with Crippen LogP contribution >= 0.6 is 0 Å². The van der Waals surface area contributed by atoms with Gasteiger partial charge in [0.25, 0.3) is 0 Å². The van der Waals surface area contributed by atoms with Gasteiger partial charge in [-0.2, -0.15) is 4.31 Å². The SMILES string of the molecule is CCc1ccccc1NC(=O)N1CCN(S(=O)(=O)c2ccc3c(ccn3CC)c2)CC1. The van der Waals surface area contributed by atoms with Crippen LogP contribution in [-0.4, -0.2) is 54.4 Å². The first-order valence-electron chi connectivity index (χ1n) is 10.7. The normalized spacial score (nSPS) is 15.4. The van der Waals surface area contributed by atoms with Crippen LogP contribution in [0.25, 0.3) is 10.9 Å². The van der Waals surface area contributed by atoms with Gasteiger partial charge in [-0.1, -0.05) is 25.1 Å². The molecule has 0 spiro atoms. The second-order valence-corrected chi connectivity index (χ2v) is 9.59. The molecular formula is C23H28N4O3S. The molecule has 2 aromatic carbocycles. The van der Waals surface area contributed by atoms with Crippen molar-refractivity contribution in [1.82, 2.24) is 13.8 Å². The van der Waals surface area contributed by atoms with Gasteiger partial charge < -0.3 is 14.8 Å². The van der Waals surface area contributed by atoms with E-state index in [1.807, 2.05) is 49.5 Å². The Bertz CT molecular complexity index is 1190. The average molecular weight is 441 g/mol. The van der Waals surface area contributed by atoms with Crippen molar-refractivity contribution in [1.29, 1.82) is 0 Å². The van der Waals surface area contributed by atoms with Gasteiger partial charge in [-0.15, -0.1) is 0 Å². The van der Waals surface area contributed by atoms with Crippen molar-refractivity contribution in [2.45, 2.75) is 31.7 Å². The molecule has 164 valence electrons. The third kappa shape index (κ3) is 4.18. The summed E-state index contributed by atoms with van der Waals surface area (Å²) in [5.74, 6) is 0. The van der Waals surface area contributed by atoms with Crippen molar-refractivity contribution in [3.63, 3.8) is 0 Å². The molecule has 2 amide bonds. The number of aromatic nitrogens is 1. The van der Waals surface area contributed by atoms with Gasteiger partial charge in [0.1, 0.15) is 0 Å². The largest absolute Gasteiger partial charge is 0.348 e. The Morgan fingerprint density at radius 2 is 1.74 bits per heavy atom. The molecule has 8 heteroatoms. The Balaban J connectivity index is 1.43. The maximum atomic E-state index is 13.2. The number of benzene rings is 2. The molecule has 1 N–H and O–H groups in total. The fraction of sp³-hybridized carbons (Fsp3) is 0.348. The standard InChI is InChI=1S/C23H28N4O3S/c1-3-18-7-5-6-8-21(18)24-23(28)26-13-15-27(16-14-26)31(29,30)20-9-10-22-19(17-20)11-12-25(22)4-2/h5-12,17H,3-4,13-16H2,1-2H3,(H,24,28). The lowest BCUT2D eigenvalue weighted by atomic mass is 10.1. The number of hydrogen-bond donors (Lipinski definition) is 1. The summed E-state index contributed by atoms with van der Waals surface area (Å²) < 4.78 is 29.9. The van der Waals surface area contributed by atoms with Crippen LogP contribution in [0.1, 0.15) is 19.4 Å². The van der Waals surface area contributed by atoms with Crippen LogP contribution in [0.4, 0.5) is 10.5 Å². The van der Waals surface area contributed by atoms with E-state index >= 15 is 0 Å². The van der Waals surface area contributed by atoms with Crippen molar-refractivity contribution in [2.75, 3.05) is 31.5 Å². The Hall–Kier alpha value is -2.84. The fourth-order valence-corrected chi connectivity index (χ4v) is 5.50. The van der Waals surface area contributed by atoms with Gasteiger partial charge >= 0.3 is 6.03 Å². The lowest BCUT2D eigenvalue weighted by Gasteiger charge is -2.34. The summed E-state index contributed by atoms with van der Waals surface area (Å²) in [4.78, 5) is 14.6. The molecule has 31 heavy (non-hydrogen) atoms. The van der Waals surface area contributed by atoms with Crippen LogP contribution in [0.3, 0.4) is 0 Å². The predicted octanol–water partition coefficient (Wildman–Crippen LogP) is 3.76. The number of nitrogens with zero attached hydrogens (tertiary/aromatic N) is 3. The molecule has 0 aliphatic carbocycles. The summed E-state index contributed by atoms with van der Waals surface area (Å²) in [7, 11) is -3.60. The summed E-state index contributed by atoms with van der Waals surface area (Å²) in [5, 5.41) is 3.87. The van der Waals surface area contributed by atoms with Gasteiger partial charge in [-0.25, -0.2) is 13.2 Å². The highest BCUT2D eigenvalue weighted by molar-refractivity contribution is 7.89. The minimum Gasteiger partial charge on any atom is -0.348 e. The maximum absolute atomic E-state index is 13.2. The number of nitrogens with one attached hydrogen (secondary N) is 1. The lowest BCUT2D eigenvalue weighted by molar-refractivity contribution is 0.184. The molecule has 2 heterocycles. The van der Waals surface area contributed by atoms with E-state index in [-0.39, 0.29) is 19.1 Å². The van der Waals surface area contributed by atoms with Gasteiger partial charge in [0.2, 0.25) is 10.0 Å². The first-order valence-corrected chi connectivity index (χ1v) is 12.1. The maximum Gasteiger partial charge on any atom is 0.321 e. The van der Waals surface area contributed by atoms with Crippen molar-refractivity contribution >= 4 is 32.6 Å². The number of amides is 2. The van der Waals surface area contributed by atoms with Crippen LogP contribution in [-0.2, 0) is 23.0 Å². The molecule has 0 unspecified atom stereocenters. The number of fused-ring (bicyclic) bond motifs is 1. The zero-order valence-electron chi connectivity index (χ0n) is 17.9. The summed E-state index contributed by atoms with van der Waals surface area (Å²) in [6.07, 6.45) is 2.80. The van der Waals surface area contributed by atoms with Crippen molar-refractivity contribution < 1.29 is 13.2 Å². The summed E-state index contributed by atoms with van der Waals surface area (Å²) in [6, 6.07) is 14.7. The minimum atomic E-state index is -3.60. The predicted molar refractivity (Wildman–Crippen MR) is 123 cm³/mol. The molecule has 0 radical (unpaired) electrons. The molecule has 1 fully saturated rings. The highest BCUT2D eigenvalue weighted by Crippen LogP contribution is 2.24. The summed E-state index contributed by atoms with van der Waals surface area (Å²) in [5.41, 5.74) is 2.90. The minimum absolute atomic E-state index is 0.194. The van der Waals surface area contributed by atoms with Gasteiger partial charge in [0.15, 0.2) is 0 Å². The number of piperazine rings is 1. The third-order valence-corrected chi connectivity index (χ3v) is 7.78. The van der Waals surface area contributed by atoms with Crippen LogP contribution in [0.2, 0.25) is 0 Å². The van der Waals surface area contributed by atoms with Gasteiger partial charge in [-0.3, -0.25) is 0 Å². The smallest absolute Gasteiger partial charge is 0.321 e. The molecule has 1 aliphatic heterocycles. The molecule has 0 saturated carbocycles. The molecule has 1 aliphatic rings. The highest BCUT2D eigenvalue weighted by Gasteiger charge is 2.30. The number of aryl methyl sites for hydroxylation is 2. The Morgan fingerprint density at radius 1 is 1.00 bits per heavy atom. The van der Waals surface area contributed by atoms with Crippen molar-refractivity contribution in [3.05, 3.63) is 60.3 Å². The summed E-state index contributed by atoms with van der Waals surface area (Å²) >= 11 is 0. The molecule has 7 nitrogen and oxygen atoms in total. The van der Waals surface area contributed by atoms with Crippen LogP contribution in [0, 0.1) is 0 Å². The van der Waals surface area contributed by atoms with Crippen molar-refractivity contribution in [3.8, 4) is 0 Å². The van der Waals surface area contributed by atoms with E-state index in [1.165, 1.54) is 4.31 Å². The Labute approximate surface area is 183 Å². The summed E-state index contributed by atoms with van der Waals surface area (Å²) in [6.45, 7) is 6.20. The van der Waals surface area contributed by atoms with E-state index in [0.29, 0.717) is 18.0 Å². The monoisotopic (exact) mass is 440 g/mol. The molecular weight excluding hydrogens is 412 g/mol. The first kappa shape index (κ1) is 21.4. The number of sulfonamides is 1.